The summed E-state index contributed by atoms with van der Waals surface area (Å²) in [5.74, 6) is 3.45. The molecule has 1 aliphatic heterocycles. The smallest absolute Gasteiger partial charge is 0.142 e. The van der Waals surface area contributed by atoms with Gasteiger partial charge in [-0.3, -0.25) is 0 Å². The summed E-state index contributed by atoms with van der Waals surface area (Å²) in [6, 6.07) is 0.169. The molecular formula is C13H21N3S2. The highest BCUT2D eigenvalue weighted by molar-refractivity contribution is 8.06. The SMILES string of the molecule is CCC1SCCSC1c1ncc(CC(C)N)cn1. The van der Waals surface area contributed by atoms with Crippen molar-refractivity contribution in [3.8, 4) is 0 Å². The van der Waals surface area contributed by atoms with Crippen LogP contribution in [-0.4, -0.2) is 32.8 Å². The largest absolute Gasteiger partial charge is 0.328 e. The fourth-order valence-electron chi connectivity index (χ4n) is 2.13. The van der Waals surface area contributed by atoms with E-state index in [0.29, 0.717) is 10.5 Å². The molecule has 18 heavy (non-hydrogen) atoms. The number of nitrogens with two attached hydrogens (primary N) is 1. The van der Waals surface area contributed by atoms with Gasteiger partial charge >= 0.3 is 0 Å². The molecule has 1 aromatic rings. The summed E-state index contributed by atoms with van der Waals surface area (Å²) in [4.78, 5) is 9.11. The summed E-state index contributed by atoms with van der Waals surface area (Å²) >= 11 is 4.06. The van der Waals surface area contributed by atoms with E-state index in [4.69, 9.17) is 5.73 Å². The van der Waals surface area contributed by atoms with Crippen molar-refractivity contribution >= 4 is 23.5 Å². The molecule has 2 N–H and O–H groups in total. The van der Waals surface area contributed by atoms with E-state index in [0.717, 1.165) is 17.8 Å². The number of hydrogen-bond donors (Lipinski definition) is 1. The van der Waals surface area contributed by atoms with E-state index in [9.17, 15) is 0 Å². The maximum absolute atomic E-state index is 5.79. The highest BCUT2D eigenvalue weighted by Crippen LogP contribution is 2.42. The van der Waals surface area contributed by atoms with Crippen molar-refractivity contribution in [3.05, 3.63) is 23.8 Å². The molecule has 1 aromatic heterocycles. The van der Waals surface area contributed by atoms with Crippen LogP contribution in [-0.2, 0) is 6.42 Å². The van der Waals surface area contributed by atoms with E-state index in [2.05, 4.69) is 28.7 Å². The van der Waals surface area contributed by atoms with Gasteiger partial charge in [0, 0.05) is 35.2 Å². The van der Waals surface area contributed by atoms with Gasteiger partial charge in [0.05, 0.1) is 5.25 Å². The molecule has 0 spiro atoms. The van der Waals surface area contributed by atoms with Gasteiger partial charge in [-0.05, 0) is 25.3 Å². The third-order valence-corrected chi connectivity index (χ3v) is 6.23. The van der Waals surface area contributed by atoms with Gasteiger partial charge in [-0.25, -0.2) is 9.97 Å². The maximum Gasteiger partial charge on any atom is 0.142 e. The summed E-state index contributed by atoms with van der Waals surface area (Å²) in [5.41, 5.74) is 6.92. The molecule has 0 aliphatic carbocycles. The Balaban J connectivity index is 2.07. The van der Waals surface area contributed by atoms with Crippen LogP contribution in [0.1, 0.15) is 36.9 Å². The number of nitrogens with zero attached hydrogens (tertiary/aromatic N) is 2. The van der Waals surface area contributed by atoms with Gasteiger partial charge in [0.15, 0.2) is 0 Å². The Morgan fingerprint density at radius 2 is 2.00 bits per heavy atom. The maximum atomic E-state index is 5.79. The van der Waals surface area contributed by atoms with Crippen LogP contribution in [0, 0.1) is 0 Å². The molecule has 5 heteroatoms. The number of rotatable bonds is 4. The average molecular weight is 283 g/mol. The number of hydrogen-bond acceptors (Lipinski definition) is 5. The molecule has 3 unspecified atom stereocenters. The molecule has 0 aromatic carbocycles. The molecule has 3 nitrogen and oxygen atoms in total. The van der Waals surface area contributed by atoms with Crippen molar-refractivity contribution in [2.24, 2.45) is 5.73 Å². The quantitative estimate of drug-likeness (QED) is 0.920. The minimum absolute atomic E-state index is 0.169. The zero-order chi connectivity index (χ0) is 13.0. The molecule has 1 saturated heterocycles. The van der Waals surface area contributed by atoms with Crippen molar-refractivity contribution in [3.63, 3.8) is 0 Å². The van der Waals surface area contributed by atoms with E-state index in [1.165, 1.54) is 17.9 Å². The van der Waals surface area contributed by atoms with Crippen LogP contribution < -0.4 is 5.73 Å². The van der Waals surface area contributed by atoms with Gasteiger partial charge in [-0.2, -0.15) is 11.8 Å². The molecule has 2 rings (SSSR count). The molecule has 1 fully saturated rings. The first-order valence-corrected chi connectivity index (χ1v) is 8.60. The van der Waals surface area contributed by atoms with Crippen molar-refractivity contribution in [1.29, 1.82) is 0 Å². The minimum atomic E-state index is 0.169. The molecular weight excluding hydrogens is 262 g/mol. The lowest BCUT2D eigenvalue weighted by atomic mass is 10.1. The Morgan fingerprint density at radius 1 is 1.33 bits per heavy atom. The molecule has 2 heterocycles. The Kier molecular flexibility index (Phi) is 5.33. The zero-order valence-electron chi connectivity index (χ0n) is 11.0. The van der Waals surface area contributed by atoms with Crippen LogP contribution in [0.3, 0.4) is 0 Å². The first kappa shape index (κ1) is 14.2. The number of thioether (sulfide) groups is 2. The van der Waals surface area contributed by atoms with Crippen molar-refractivity contribution < 1.29 is 0 Å². The lowest BCUT2D eigenvalue weighted by molar-refractivity contribution is 0.716. The summed E-state index contributed by atoms with van der Waals surface area (Å²) in [6.45, 7) is 4.26. The predicted octanol–water partition coefficient (Wildman–Crippen LogP) is 2.67. The van der Waals surface area contributed by atoms with Crippen LogP contribution >= 0.6 is 23.5 Å². The Labute approximate surface area is 118 Å². The Morgan fingerprint density at radius 3 is 2.61 bits per heavy atom. The van der Waals surface area contributed by atoms with E-state index in [-0.39, 0.29) is 6.04 Å². The normalized spacial score (nSPS) is 25.9. The summed E-state index contributed by atoms with van der Waals surface area (Å²) in [5, 5.41) is 1.11. The molecule has 0 bridgehead atoms. The van der Waals surface area contributed by atoms with E-state index < -0.39 is 0 Å². The van der Waals surface area contributed by atoms with E-state index in [1.807, 2.05) is 31.1 Å². The Bertz CT molecular complexity index is 367. The first-order valence-electron chi connectivity index (χ1n) is 6.50. The van der Waals surface area contributed by atoms with Crippen LogP contribution in [0.25, 0.3) is 0 Å². The topological polar surface area (TPSA) is 51.8 Å². The molecule has 100 valence electrons. The monoisotopic (exact) mass is 283 g/mol. The van der Waals surface area contributed by atoms with Gasteiger partial charge in [0.2, 0.25) is 0 Å². The molecule has 3 atom stereocenters. The highest BCUT2D eigenvalue weighted by atomic mass is 32.2. The minimum Gasteiger partial charge on any atom is -0.328 e. The van der Waals surface area contributed by atoms with Gasteiger partial charge in [0.1, 0.15) is 5.82 Å². The van der Waals surface area contributed by atoms with E-state index >= 15 is 0 Å². The predicted molar refractivity (Wildman–Crippen MR) is 81.1 cm³/mol. The van der Waals surface area contributed by atoms with Gasteiger partial charge in [-0.15, -0.1) is 11.8 Å². The van der Waals surface area contributed by atoms with Crippen LogP contribution in [0.15, 0.2) is 12.4 Å². The first-order chi connectivity index (χ1) is 8.70. The summed E-state index contributed by atoms with van der Waals surface area (Å²) < 4.78 is 0. The molecule has 1 aliphatic rings. The third-order valence-electron chi connectivity index (χ3n) is 2.99. The summed E-state index contributed by atoms with van der Waals surface area (Å²) in [7, 11) is 0. The van der Waals surface area contributed by atoms with Crippen molar-refractivity contribution in [2.45, 2.75) is 43.2 Å². The van der Waals surface area contributed by atoms with Crippen LogP contribution in [0.5, 0.6) is 0 Å². The lowest BCUT2D eigenvalue weighted by Gasteiger charge is -2.28. The molecule has 0 amide bonds. The second kappa shape index (κ2) is 6.78. The fraction of sp³-hybridized carbons (Fsp3) is 0.692. The Hall–Kier alpha value is -0.260. The van der Waals surface area contributed by atoms with Gasteiger partial charge in [0.25, 0.3) is 0 Å². The molecule has 0 saturated carbocycles. The lowest BCUT2D eigenvalue weighted by Crippen LogP contribution is -2.21. The van der Waals surface area contributed by atoms with Gasteiger partial charge < -0.3 is 5.73 Å². The standard InChI is InChI=1S/C13H21N3S2/c1-3-11-12(18-5-4-17-11)13-15-7-10(8-16-13)6-9(2)14/h7-9,11-12H,3-6,14H2,1-2H3. The van der Waals surface area contributed by atoms with Crippen molar-refractivity contribution in [2.75, 3.05) is 11.5 Å². The van der Waals surface area contributed by atoms with Crippen molar-refractivity contribution in [1.82, 2.24) is 9.97 Å². The summed E-state index contributed by atoms with van der Waals surface area (Å²) in [6.07, 6.45) is 5.92. The third kappa shape index (κ3) is 3.62. The molecule has 0 radical (unpaired) electrons. The van der Waals surface area contributed by atoms with Gasteiger partial charge in [-0.1, -0.05) is 6.92 Å². The average Bonchev–Trinajstić information content (AvgIpc) is 2.39. The second-order valence-electron chi connectivity index (χ2n) is 4.74. The fourth-order valence-corrected chi connectivity index (χ4v) is 5.14. The van der Waals surface area contributed by atoms with E-state index in [1.54, 1.807) is 0 Å². The zero-order valence-corrected chi connectivity index (χ0v) is 12.6. The number of aromatic nitrogens is 2. The van der Waals surface area contributed by atoms with Crippen LogP contribution in [0.4, 0.5) is 0 Å². The second-order valence-corrected chi connectivity index (χ2v) is 7.34. The highest BCUT2D eigenvalue weighted by Gasteiger charge is 2.28. The van der Waals surface area contributed by atoms with Crippen LogP contribution in [0.2, 0.25) is 0 Å².